The van der Waals surface area contributed by atoms with Crippen LogP contribution in [0.1, 0.15) is 20.8 Å². The third kappa shape index (κ3) is 4.81. The molecule has 6 heteroatoms. The van der Waals surface area contributed by atoms with Crippen molar-refractivity contribution in [2.75, 3.05) is 13.2 Å². The van der Waals surface area contributed by atoms with Crippen molar-refractivity contribution in [2.45, 2.75) is 27.0 Å². The van der Waals surface area contributed by atoms with Crippen LogP contribution in [0, 0.1) is 0 Å². The molecule has 0 spiro atoms. The molecule has 0 saturated heterocycles. The quantitative estimate of drug-likeness (QED) is 0.454. The van der Waals surface area contributed by atoms with Gasteiger partial charge in [0.05, 0.1) is 6.23 Å². The zero-order chi connectivity index (χ0) is 9.61. The number of hydrogen-bond donors (Lipinski definition) is 2. The van der Waals surface area contributed by atoms with Gasteiger partial charge in [-0.1, -0.05) is 0 Å². The first-order valence-electron chi connectivity index (χ1n) is 3.97. The Bertz CT molecular complexity index is 116. The maximum Gasteiger partial charge on any atom is 0.678 e. The van der Waals surface area contributed by atoms with Crippen LogP contribution >= 0.6 is 0 Å². The summed E-state index contributed by atoms with van der Waals surface area (Å²) in [7, 11) is -3.44. The Balaban J connectivity index is 3.98. The zero-order valence-electron chi connectivity index (χ0n) is 7.74. The van der Waals surface area contributed by atoms with E-state index in [1.165, 1.54) is 0 Å². The Hall–Kier alpha value is 0.0169. The summed E-state index contributed by atoms with van der Waals surface area (Å²) in [6.07, 6.45) is -0.584. The van der Waals surface area contributed by atoms with Crippen molar-refractivity contribution in [2.24, 2.45) is 5.73 Å². The molecule has 0 fully saturated rings. The minimum atomic E-state index is -3.44. The molecular weight excluding hydrogens is 178 g/mol. The first-order valence-corrected chi connectivity index (χ1v) is 5.65. The molecule has 0 aliphatic rings. The molecule has 1 unspecified atom stereocenters. The second-order valence-corrected chi connectivity index (χ2v) is 4.07. The first kappa shape index (κ1) is 12.0. The standard InChI is InChI=1S/C6H17NO4Si/c1-4-9-12(8,10-5-2)11-6(3)7/h6,8H,4-5,7H2,1-3H3. The molecule has 3 N–H and O–H groups in total. The van der Waals surface area contributed by atoms with Crippen LogP contribution in [0.25, 0.3) is 0 Å². The summed E-state index contributed by atoms with van der Waals surface area (Å²) in [4.78, 5) is 9.57. The van der Waals surface area contributed by atoms with Crippen molar-refractivity contribution in [1.82, 2.24) is 0 Å². The van der Waals surface area contributed by atoms with E-state index in [0.29, 0.717) is 13.2 Å². The summed E-state index contributed by atoms with van der Waals surface area (Å²) in [6.45, 7) is 5.80. The van der Waals surface area contributed by atoms with Gasteiger partial charge >= 0.3 is 9.05 Å². The minimum Gasteiger partial charge on any atom is -0.367 e. The fraction of sp³-hybridized carbons (Fsp3) is 1.00. The Morgan fingerprint density at radius 1 is 1.33 bits per heavy atom. The smallest absolute Gasteiger partial charge is 0.367 e. The maximum absolute atomic E-state index is 9.57. The molecule has 0 aromatic rings. The van der Waals surface area contributed by atoms with Crippen LogP contribution in [0.15, 0.2) is 0 Å². The monoisotopic (exact) mass is 195 g/mol. The summed E-state index contributed by atoms with van der Waals surface area (Å²) < 4.78 is 14.8. The van der Waals surface area contributed by atoms with E-state index >= 15 is 0 Å². The molecule has 0 saturated carbocycles. The molecule has 0 radical (unpaired) electrons. The van der Waals surface area contributed by atoms with Gasteiger partial charge in [-0.25, -0.2) is 0 Å². The molecule has 74 valence electrons. The predicted octanol–water partition coefficient (Wildman–Crippen LogP) is -0.191. The van der Waals surface area contributed by atoms with Crippen LogP contribution in [0.2, 0.25) is 0 Å². The van der Waals surface area contributed by atoms with E-state index in [-0.39, 0.29) is 0 Å². The normalized spacial score (nSPS) is 14.8. The largest absolute Gasteiger partial charge is 0.678 e. The molecule has 12 heavy (non-hydrogen) atoms. The van der Waals surface area contributed by atoms with Gasteiger partial charge in [0, 0.05) is 13.2 Å². The Morgan fingerprint density at radius 2 is 1.75 bits per heavy atom. The zero-order valence-corrected chi connectivity index (χ0v) is 8.74. The molecule has 5 nitrogen and oxygen atoms in total. The Morgan fingerprint density at radius 3 is 2.00 bits per heavy atom. The van der Waals surface area contributed by atoms with Gasteiger partial charge in [0.25, 0.3) is 0 Å². The predicted molar refractivity (Wildman–Crippen MR) is 46.0 cm³/mol. The summed E-state index contributed by atoms with van der Waals surface area (Å²) in [6, 6.07) is 0. The number of nitrogens with two attached hydrogens (primary N) is 1. The molecule has 0 bridgehead atoms. The summed E-state index contributed by atoms with van der Waals surface area (Å²) in [5.41, 5.74) is 5.33. The lowest BCUT2D eigenvalue weighted by Crippen LogP contribution is -2.50. The first-order chi connectivity index (χ1) is 5.54. The van der Waals surface area contributed by atoms with E-state index in [2.05, 4.69) is 0 Å². The second-order valence-electron chi connectivity index (χ2n) is 2.21. The SMILES string of the molecule is CCO[Si](O)(OCC)OC(C)N. The van der Waals surface area contributed by atoms with Crippen molar-refractivity contribution in [3.05, 3.63) is 0 Å². The summed E-state index contributed by atoms with van der Waals surface area (Å²) >= 11 is 0. The fourth-order valence-corrected chi connectivity index (χ4v) is 2.13. The van der Waals surface area contributed by atoms with E-state index in [9.17, 15) is 4.80 Å². The molecule has 0 heterocycles. The molecular formula is C6H17NO4Si. The highest BCUT2D eigenvalue weighted by Crippen LogP contribution is 2.06. The van der Waals surface area contributed by atoms with Crippen LogP contribution in [0.5, 0.6) is 0 Å². The lowest BCUT2D eigenvalue weighted by molar-refractivity contribution is -0.0222. The van der Waals surface area contributed by atoms with Gasteiger partial charge in [0.2, 0.25) is 0 Å². The molecule has 0 amide bonds. The maximum atomic E-state index is 9.57. The van der Waals surface area contributed by atoms with Gasteiger partial charge < -0.3 is 23.8 Å². The van der Waals surface area contributed by atoms with E-state index < -0.39 is 15.3 Å². The molecule has 0 rings (SSSR count). The minimum absolute atomic E-state index is 0.343. The third-order valence-corrected chi connectivity index (χ3v) is 2.96. The van der Waals surface area contributed by atoms with E-state index in [4.69, 9.17) is 19.0 Å². The van der Waals surface area contributed by atoms with Gasteiger partial charge in [-0.2, -0.15) is 0 Å². The molecule has 0 aliphatic carbocycles. The second kappa shape index (κ2) is 5.63. The van der Waals surface area contributed by atoms with Crippen molar-refractivity contribution < 1.29 is 18.1 Å². The van der Waals surface area contributed by atoms with Gasteiger partial charge in [0.15, 0.2) is 0 Å². The fourth-order valence-electron chi connectivity index (χ4n) is 0.709. The lowest BCUT2D eigenvalue weighted by Gasteiger charge is -2.23. The third-order valence-electron chi connectivity index (χ3n) is 0.988. The Kier molecular flexibility index (Phi) is 5.63. The average Bonchev–Trinajstić information content (AvgIpc) is 1.85. The number of hydrogen-bond acceptors (Lipinski definition) is 5. The summed E-state index contributed by atoms with van der Waals surface area (Å²) in [5.74, 6) is 0. The summed E-state index contributed by atoms with van der Waals surface area (Å²) in [5, 5.41) is 0. The van der Waals surface area contributed by atoms with Crippen LogP contribution in [0.4, 0.5) is 0 Å². The van der Waals surface area contributed by atoms with Gasteiger partial charge in [-0.3, -0.25) is 0 Å². The van der Waals surface area contributed by atoms with Gasteiger partial charge in [-0.05, 0) is 20.8 Å². The Labute approximate surface area is 73.9 Å². The van der Waals surface area contributed by atoms with Crippen LogP contribution in [-0.2, 0) is 13.3 Å². The van der Waals surface area contributed by atoms with E-state index in [1.54, 1.807) is 20.8 Å². The molecule has 0 aromatic heterocycles. The van der Waals surface area contributed by atoms with Crippen molar-refractivity contribution in [3.8, 4) is 0 Å². The van der Waals surface area contributed by atoms with Gasteiger partial charge in [0.1, 0.15) is 0 Å². The van der Waals surface area contributed by atoms with Crippen molar-refractivity contribution >= 4 is 9.05 Å². The highest BCUT2D eigenvalue weighted by atomic mass is 28.4. The highest BCUT2D eigenvalue weighted by Gasteiger charge is 2.41. The van der Waals surface area contributed by atoms with Crippen molar-refractivity contribution in [1.29, 1.82) is 0 Å². The van der Waals surface area contributed by atoms with E-state index in [0.717, 1.165) is 0 Å². The number of rotatable bonds is 6. The molecule has 0 aliphatic heterocycles. The van der Waals surface area contributed by atoms with Crippen LogP contribution < -0.4 is 5.73 Å². The van der Waals surface area contributed by atoms with Crippen LogP contribution in [-0.4, -0.2) is 33.3 Å². The topological polar surface area (TPSA) is 73.9 Å². The van der Waals surface area contributed by atoms with E-state index in [1.807, 2.05) is 0 Å². The molecule has 0 aromatic carbocycles. The highest BCUT2D eigenvalue weighted by molar-refractivity contribution is 6.51. The molecule has 1 atom stereocenters. The van der Waals surface area contributed by atoms with Crippen molar-refractivity contribution in [3.63, 3.8) is 0 Å². The lowest BCUT2D eigenvalue weighted by atomic mass is 10.7. The van der Waals surface area contributed by atoms with Crippen LogP contribution in [0.3, 0.4) is 0 Å². The van der Waals surface area contributed by atoms with Gasteiger partial charge in [-0.15, -0.1) is 0 Å². The average molecular weight is 195 g/mol.